The van der Waals surface area contributed by atoms with Crippen molar-refractivity contribution in [3.8, 4) is 0 Å². The molecule has 20 heteroatoms. The fourth-order valence-corrected chi connectivity index (χ4v) is 5.88. The number of aliphatic hydroxyl groups is 1. The summed E-state index contributed by atoms with van der Waals surface area (Å²) in [4.78, 5) is 56.5. The molecule has 1 aliphatic rings. The van der Waals surface area contributed by atoms with Crippen molar-refractivity contribution in [2.45, 2.75) is 24.7 Å². The van der Waals surface area contributed by atoms with E-state index in [9.17, 15) is 28.5 Å². The Morgan fingerprint density at radius 2 is 1.87 bits per heavy atom. The lowest BCUT2D eigenvalue weighted by molar-refractivity contribution is -0.0217. The summed E-state index contributed by atoms with van der Waals surface area (Å²) < 4.78 is 50.9. The molecule has 31 heavy (non-hydrogen) atoms. The van der Waals surface area contributed by atoms with Crippen molar-refractivity contribution in [1.29, 1.82) is 0 Å². The minimum absolute atomic E-state index is 0.0360. The molecule has 17 nitrogen and oxygen atoms in total. The maximum atomic E-state index is 11.9. The van der Waals surface area contributed by atoms with Crippen molar-refractivity contribution < 1.29 is 56.3 Å². The van der Waals surface area contributed by atoms with Crippen LogP contribution in [-0.4, -0.2) is 58.4 Å². The number of phosphoric ester groups is 1. The number of hydrogen-bond donors (Lipinski definition) is 8. The van der Waals surface area contributed by atoms with Gasteiger partial charge in [0.1, 0.15) is 17.1 Å². The van der Waals surface area contributed by atoms with Crippen LogP contribution in [0.4, 0.5) is 5.95 Å². The largest absolute Gasteiger partial charge is 0.490 e. The summed E-state index contributed by atoms with van der Waals surface area (Å²) in [6.45, 7) is -0.820. The molecule has 3 unspecified atom stereocenters. The second-order valence-electron chi connectivity index (χ2n) is 6.27. The molecular weight excluding hydrogens is 489 g/mol. The Balaban J connectivity index is 1.67. The summed E-state index contributed by atoms with van der Waals surface area (Å²) in [7, 11) is -16.5. The van der Waals surface area contributed by atoms with Crippen LogP contribution in [0.5, 0.6) is 0 Å². The first-order chi connectivity index (χ1) is 14.2. The quantitative estimate of drug-likeness (QED) is 0.207. The number of aromatic nitrogens is 3. The summed E-state index contributed by atoms with van der Waals surface area (Å²) in [5.41, 5.74) is 5.66. The molecule has 0 amide bonds. The van der Waals surface area contributed by atoms with Crippen molar-refractivity contribution in [3.63, 3.8) is 0 Å². The van der Waals surface area contributed by atoms with E-state index in [0.29, 0.717) is 5.56 Å². The smallest absolute Gasteiger partial charge is 0.390 e. The molecule has 1 saturated heterocycles. The number of nitrogens with two attached hydrogens (primary N) is 1. The number of fused-ring (bicyclic) bond motifs is 1. The van der Waals surface area contributed by atoms with Crippen LogP contribution in [0.25, 0.3) is 11.0 Å². The summed E-state index contributed by atoms with van der Waals surface area (Å²) in [5.74, 6) is -0.152. The minimum atomic E-state index is -5.66. The van der Waals surface area contributed by atoms with E-state index < -0.39 is 53.9 Å². The van der Waals surface area contributed by atoms with E-state index in [4.69, 9.17) is 25.2 Å². The lowest BCUT2D eigenvalue weighted by atomic mass is 10.1. The predicted octanol–water partition coefficient (Wildman–Crippen LogP) is -0.632. The van der Waals surface area contributed by atoms with Gasteiger partial charge in [0.15, 0.2) is 0 Å². The van der Waals surface area contributed by atoms with E-state index in [2.05, 4.69) is 28.1 Å². The molecule has 0 aliphatic carbocycles. The van der Waals surface area contributed by atoms with Gasteiger partial charge in [0.2, 0.25) is 5.95 Å². The Bertz CT molecular complexity index is 1170. The zero-order chi connectivity index (χ0) is 23.2. The molecule has 0 saturated carbocycles. The number of H-pyrrole nitrogens is 2. The van der Waals surface area contributed by atoms with Crippen LogP contribution in [0, 0.1) is 0 Å². The normalized spacial score (nSPS) is 26.0. The summed E-state index contributed by atoms with van der Waals surface area (Å²) in [5, 5.41) is 10.1. The Morgan fingerprint density at radius 3 is 2.52 bits per heavy atom. The first-order valence-electron chi connectivity index (χ1n) is 8.14. The average Bonchev–Trinajstić information content (AvgIpc) is 3.13. The van der Waals surface area contributed by atoms with Crippen LogP contribution in [0.2, 0.25) is 0 Å². The van der Waals surface area contributed by atoms with Crippen LogP contribution in [0.15, 0.2) is 11.0 Å². The lowest BCUT2D eigenvalue weighted by Crippen LogP contribution is -2.26. The SMILES string of the molecule is Nc1nc2c([C@H]3CC(O)[C@@H](COP(=O)(O)OP(=O)(O)OP(=O)(O)O)O3)c[nH]c2c(=O)[nH]1. The number of aromatic amines is 2. The van der Waals surface area contributed by atoms with Gasteiger partial charge in [0, 0.05) is 18.2 Å². The van der Waals surface area contributed by atoms with Crippen LogP contribution in [-0.2, 0) is 31.6 Å². The molecule has 0 bridgehead atoms. The van der Waals surface area contributed by atoms with E-state index in [-0.39, 0.29) is 23.4 Å². The van der Waals surface area contributed by atoms with Crippen molar-refractivity contribution in [3.05, 3.63) is 22.1 Å². The molecule has 3 rings (SSSR count). The van der Waals surface area contributed by atoms with Gasteiger partial charge in [-0.1, -0.05) is 0 Å². The van der Waals surface area contributed by atoms with E-state index >= 15 is 0 Å². The van der Waals surface area contributed by atoms with Crippen LogP contribution in [0.3, 0.4) is 0 Å². The molecule has 9 N–H and O–H groups in total. The van der Waals surface area contributed by atoms with Crippen molar-refractivity contribution >= 4 is 40.4 Å². The lowest BCUT2D eigenvalue weighted by Gasteiger charge is -2.19. The second kappa shape index (κ2) is 8.48. The number of nitrogens with one attached hydrogen (secondary N) is 2. The highest BCUT2D eigenvalue weighted by molar-refractivity contribution is 7.66. The van der Waals surface area contributed by atoms with Gasteiger partial charge >= 0.3 is 23.5 Å². The minimum Gasteiger partial charge on any atom is -0.390 e. The van der Waals surface area contributed by atoms with Crippen molar-refractivity contribution in [2.75, 3.05) is 12.3 Å². The maximum absolute atomic E-state index is 11.9. The number of aliphatic hydroxyl groups excluding tert-OH is 1. The van der Waals surface area contributed by atoms with Gasteiger partial charge in [0.05, 0.1) is 18.8 Å². The zero-order valence-electron chi connectivity index (χ0n) is 15.1. The fourth-order valence-electron chi connectivity index (χ4n) is 2.85. The molecule has 0 aromatic carbocycles. The number of nitrogens with zero attached hydrogens (tertiary/aromatic N) is 1. The molecule has 1 aliphatic heterocycles. The first kappa shape index (κ1) is 24.2. The number of anilines is 1. The van der Waals surface area contributed by atoms with Gasteiger partial charge in [-0.2, -0.15) is 8.62 Å². The molecule has 5 atom stereocenters. The van der Waals surface area contributed by atoms with Gasteiger partial charge in [-0.3, -0.25) is 14.3 Å². The van der Waals surface area contributed by atoms with Crippen LogP contribution < -0.4 is 11.3 Å². The van der Waals surface area contributed by atoms with E-state index in [1.165, 1.54) is 6.20 Å². The Hall–Kier alpha value is -1.45. The predicted molar refractivity (Wildman–Crippen MR) is 99.2 cm³/mol. The number of ether oxygens (including phenoxy) is 1. The average molecular weight is 506 g/mol. The number of nitrogen functional groups attached to an aromatic ring is 1. The van der Waals surface area contributed by atoms with Crippen LogP contribution >= 0.6 is 23.5 Å². The third-order valence-corrected chi connectivity index (χ3v) is 7.77. The number of rotatable bonds is 8. The third kappa shape index (κ3) is 6.08. The van der Waals surface area contributed by atoms with Crippen molar-refractivity contribution in [1.82, 2.24) is 15.0 Å². The van der Waals surface area contributed by atoms with E-state index in [1.807, 2.05) is 0 Å². The highest BCUT2D eigenvalue weighted by Crippen LogP contribution is 2.66. The maximum Gasteiger partial charge on any atom is 0.490 e. The molecule has 0 radical (unpaired) electrons. The topological polar surface area (TPSA) is 277 Å². The molecule has 174 valence electrons. The highest BCUT2D eigenvalue weighted by atomic mass is 31.3. The molecule has 1 fully saturated rings. The monoisotopic (exact) mass is 506 g/mol. The molecule has 2 aromatic rings. The van der Waals surface area contributed by atoms with Gasteiger partial charge in [-0.05, 0) is 0 Å². The standard InChI is InChI=1S/C11H17N4O13P3/c12-11-14-8-4(2-13-9(8)10(17)15-11)6-1-5(16)7(26-6)3-25-30(21,22)28-31(23,24)27-29(18,19)20/h2,5-7,13,16H,1,3H2,(H,21,22)(H,23,24)(H2,18,19,20)(H3,12,14,15,17)/t5?,6-,7-/m1/s1. The first-order valence-corrected chi connectivity index (χ1v) is 12.7. The van der Waals surface area contributed by atoms with Gasteiger partial charge in [0.25, 0.3) is 5.56 Å². The summed E-state index contributed by atoms with van der Waals surface area (Å²) >= 11 is 0. The zero-order valence-corrected chi connectivity index (χ0v) is 17.8. The molecule has 0 spiro atoms. The number of hydrogen-bond acceptors (Lipinski definition) is 11. The van der Waals surface area contributed by atoms with E-state index in [1.54, 1.807) is 0 Å². The third-order valence-electron chi connectivity index (χ3n) is 3.97. The van der Waals surface area contributed by atoms with Gasteiger partial charge in [-0.25, -0.2) is 18.7 Å². The molecule has 2 aromatic heterocycles. The van der Waals surface area contributed by atoms with Gasteiger partial charge < -0.3 is 40.1 Å². The van der Waals surface area contributed by atoms with Crippen molar-refractivity contribution in [2.24, 2.45) is 0 Å². The Kier molecular flexibility index (Phi) is 6.62. The number of phosphoric acid groups is 3. The highest BCUT2D eigenvalue weighted by Gasteiger charge is 2.43. The second-order valence-corrected chi connectivity index (χ2v) is 10.7. The fraction of sp³-hybridized carbons (Fsp3) is 0.455. The van der Waals surface area contributed by atoms with Crippen LogP contribution in [0.1, 0.15) is 18.1 Å². The van der Waals surface area contributed by atoms with E-state index in [0.717, 1.165) is 0 Å². The molecule has 3 heterocycles. The van der Waals surface area contributed by atoms with Gasteiger partial charge in [-0.15, -0.1) is 0 Å². The molecular formula is C11H17N4O13P3. The summed E-state index contributed by atoms with van der Waals surface area (Å²) in [6, 6.07) is 0. The summed E-state index contributed by atoms with van der Waals surface area (Å²) in [6.07, 6.45) is -1.91. The Labute approximate surface area is 171 Å². The Morgan fingerprint density at radius 1 is 1.19 bits per heavy atom.